The molecular weight excluding hydrogens is 416 g/mol. The number of hydrogen-bond donors (Lipinski definition) is 0. The molecule has 5 nitrogen and oxygen atoms in total. The Kier molecular flexibility index (Phi) is 7.12. The molecule has 0 N–H and O–H groups in total. The third-order valence-corrected chi connectivity index (χ3v) is 6.46. The zero-order valence-corrected chi connectivity index (χ0v) is 19.8. The van der Waals surface area contributed by atoms with Crippen LogP contribution in [0.15, 0.2) is 65.5 Å². The summed E-state index contributed by atoms with van der Waals surface area (Å²) in [6.07, 6.45) is 1.87. The second-order valence-electron chi connectivity index (χ2n) is 8.55. The summed E-state index contributed by atoms with van der Waals surface area (Å²) in [7, 11) is 0. The van der Waals surface area contributed by atoms with E-state index in [0.717, 1.165) is 36.6 Å². The van der Waals surface area contributed by atoms with Gasteiger partial charge in [0.25, 0.3) is 5.56 Å². The molecular formula is C26H30N4OS. The van der Waals surface area contributed by atoms with Crippen LogP contribution in [0.5, 0.6) is 0 Å². The molecule has 0 spiro atoms. The van der Waals surface area contributed by atoms with Gasteiger partial charge in [-0.05, 0) is 29.0 Å². The first kappa shape index (κ1) is 22.4. The van der Waals surface area contributed by atoms with Crippen molar-refractivity contribution in [2.24, 2.45) is 0 Å². The average Bonchev–Trinajstić information content (AvgIpc) is 3.18. The molecule has 4 aromatic rings. The van der Waals surface area contributed by atoms with Crippen LogP contribution in [0.25, 0.3) is 4.96 Å². The predicted molar refractivity (Wildman–Crippen MR) is 131 cm³/mol. The Morgan fingerprint density at radius 3 is 2.31 bits per heavy atom. The van der Waals surface area contributed by atoms with E-state index < -0.39 is 0 Å². The van der Waals surface area contributed by atoms with Crippen LogP contribution in [0.1, 0.15) is 60.5 Å². The van der Waals surface area contributed by atoms with Crippen LogP contribution < -0.4 is 5.56 Å². The van der Waals surface area contributed by atoms with Crippen LogP contribution in [-0.4, -0.2) is 19.5 Å². The van der Waals surface area contributed by atoms with Gasteiger partial charge in [-0.25, -0.2) is 4.98 Å². The number of hydrogen-bond acceptors (Lipinski definition) is 5. The molecule has 0 unspecified atom stereocenters. The van der Waals surface area contributed by atoms with Crippen LogP contribution >= 0.6 is 11.3 Å². The lowest BCUT2D eigenvalue weighted by Gasteiger charge is -2.22. The predicted octanol–water partition coefficient (Wildman–Crippen LogP) is 5.43. The molecule has 0 amide bonds. The Balaban J connectivity index is 1.60. The Bertz CT molecular complexity index is 1210. The Morgan fingerprint density at radius 1 is 0.969 bits per heavy atom. The van der Waals surface area contributed by atoms with Crippen LogP contribution in [-0.2, 0) is 26.1 Å². The average molecular weight is 447 g/mol. The summed E-state index contributed by atoms with van der Waals surface area (Å²) in [4.78, 5) is 20.5. The highest BCUT2D eigenvalue weighted by Crippen LogP contribution is 2.19. The summed E-state index contributed by atoms with van der Waals surface area (Å²) in [5.74, 6) is 0.519. The molecule has 0 saturated carbocycles. The summed E-state index contributed by atoms with van der Waals surface area (Å²) in [6, 6.07) is 20.9. The van der Waals surface area contributed by atoms with E-state index in [1.165, 1.54) is 32.5 Å². The van der Waals surface area contributed by atoms with Crippen molar-refractivity contribution in [3.8, 4) is 0 Å². The topological polar surface area (TPSA) is 50.5 Å². The first-order valence-electron chi connectivity index (χ1n) is 11.3. The largest absolute Gasteiger partial charge is 0.289 e. The molecule has 4 rings (SSSR count). The summed E-state index contributed by atoms with van der Waals surface area (Å²) in [5, 5.41) is 5.39. The minimum absolute atomic E-state index is 0.107. The van der Waals surface area contributed by atoms with Gasteiger partial charge in [0.1, 0.15) is 5.01 Å². The molecule has 2 heterocycles. The number of benzene rings is 2. The van der Waals surface area contributed by atoms with Crippen molar-refractivity contribution in [1.29, 1.82) is 0 Å². The van der Waals surface area contributed by atoms with Gasteiger partial charge < -0.3 is 0 Å². The molecule has 0 aliphatic heterocycles. The summed E-state index contributed by atoms with van der Waals surface area (Å²) in [5.41, 5.74) is 4.52. The zero-order valence-electron chi connectivity index (χ0n) is 19.0. The normalized spacial score (nSPS) is 11.7. The number of nitrogens with zero attached hydrogens (tertiary/aromatic N) is 4. The van der Waals surface area contributed by atoms with Crippen molar-refractivity contribution >= 4 is 16.3 Å². The minimum Gasteiger partial charge on any atom is -0.289 e. The van der Waals surface area contributed by atoms with Crippen molar-refractivity contribution in [1.82, 2.24) is 19.5 Å². The fourth-order valence-corrected chi connectivity index (χ4v) is 4.82. The van der Waals surface area contributed by atoms with E-state index in [2.05, 4.69) is 79.3 Å². The molecule has 6 heteroatoms. The van der Waals surface area contributed by atoms with Crippen LogP contribution in [0.2, 0.25) is 0 Å². The maximum Gasteiger partial charge on any atom is 0.275 e. The quantitative estimate of drug-likeness (QED) is 0.344. The third kappa shape index (κ3) is 5.50. The molecule has 2 aromatic carbocycles. The summed E-state index contributed by atoms with van der Waals surface area (Å²) in [6.45, 7) is 8.72. The first-order valence-corrected chi connectivity index (χ1v) is 12.1. The van der Waals surface area contributed by atoms with Gasteiger partial charge in [-0.15, -0.1) is 0 Å². The standard InChI is InChI=1S/C26H30N4OS/c1-4-8-24-28-30-25(31)15-23(27-26(30)32-24)18-29(16-20-9-6-5-7-10-20)17-21-11-13-22(14-12-21)19(2)3/h5-7,9-15,19H,4,8,16-18H2,1-3H3. The Morgan fingerprint density at radius 2 is 1.66 bits per heavy atom. The maximum absolute atomic E-state index is 12.7. The van der Waals surface area contributed by atoms with Crippen LogP contribution in [0.4, 0.5) is 0 Å². The summed E-state index contributed by atoms with van der Waals surface area (Å²) < 4.78 is 1.44. The molecule has 2 aromatic heterocycles. The van der Waals surface area contributed by atoms with Crippen molar-refractivity contribution in [2.45, 2.75) is 59.2 Å². The van der Waals surface area contributed by atoms with Crippen molar-refractivity contribution in [3.63, 3.8) is 0 Å². The van der Waals surface area contributed by atoms with Gasteiger partial charge in [-0.1, -0.05) is 86.7 Å². The molecule has 0 radical (unpaired) electrons. The van der Waals surface area contributed by atoms with Gasteiger partial charge in [0.05, 0.1) is 5.69 Å². The monoisotopic (exact) mass is 446 g/mol. The fraction of sp³-hybridized carbons (Fsp3) is 0.346. The summed E-state index contributed by atoms with van der Waals surface area (Å²) >= 11 is 1.51. The fourth-order valence-electron chi connectivity index (χ4n) is 3.80. The van der Waals surface area contributed by atoms with E-state index in [-0.39, 0.29) is 5.56 Å². The SMILES string of the molecule is CCCc1nn2c(=O)cc(CN(Cc3ccccc3)Cc3ccc(C(C)C)cc3)nc2s1. The van der Waals surface area contributed by atoms with Crippen LogP contribution in [0, 0.1) is 0 Å². The highest BCUT2D eigenvalue weighted by Gasteiger charge is 2.13. The first-order chi connectivity index (χ1) is 15.5. The Labute approximate surface area is 193 Å². The third-order valence-electron chi connectivity index (χ3n) is 5.49. The molecule has 0 fully saturated rings. The second-order valence-corrected chi connectivity index (χ2v) is 9.59. The van der Waals surface area contributed by atoms with E-state index >= 15 is 0 Å². The van der Waals surface area contributed by atoms with E-state index in [0.29, 0.717) is 17.4 Å². The lowest BCUT2D eigenvalue weighted by molar-refractivity contribution is 0.244. The van der Waals surface area contributed by atoms with Gasteiger partial charge >= 0.3 is 0 Å². The smallest absolute Gasteiger partial charge is 0.275 e. The van der Waals surface area contributed by atoms with Gasteiger partial charge in [0.2, 0.25) is 4.96 Å². The molecule has 0 bridgehead atoms. The lowest BCUT2D eigenvalue weighted by atomic mass is 10.0. The Hall–Kier alpha value is -2.83. The van der Waals surface area contributed by atoms with Gasteiger partial charge in [-0.3, -0.25) is 9.69 Å². The lowest BCUT2D eigenvalue weighted by Crippen LogP contribution is -2.25. The molecule has 0 aliphatic rings. The number of rotatable bonds is 9. The van der Waals surface area contributed by atoms with E-state index in [1.807, 2.05) is 6.07 Å². The second kappa shape index (κ2) is 10.2. The minimum atomic E-state index is -0.107. The van der Waals surface area contributed by atoms with Crippen molar-refractivity contribution in [3.05, 3.63) is 98.4 Å². The van der Waals surface area contributed by atoms with Crippen molar-refractivity contribution < 1.29 is 0 Å². The van der Waals surface area contributed by atoms with Crippen LogP contribution in [0.3, 0.4) is 0 Å². The van der Waals surface area contributed by atoms with Crippen molar-refractivity contribution in [2.75, 3.05) is 0 Å². The number of aryl methyl sites for hydroxylation is 1. The molecule has 166 valence electrons. The number of fused-ring (bicyclic) bond motifs is 1. The van der Waals surface area contributed by atoms with E-state index in [9.17, 15) is 4.79 Å². The molecule has 0 atom stereocenters. The molecule has 0 aliphatic carbocycles. The van der Waals surface area contributed by atoms with E-state index in [4.69, 9.17) is 4.98 Å². The van der Waals surface area contributed by atoms with Gasteiger partial charge in [0, 0.05) is 32.1 Å². The number of aromatic nitrogens is 3. The molecule has 0 saturated heterocycles. The maximum atomic E-state index is 12.7. The van der Waals surface area contributed by atoms with Gasteiger partial charge in [-0.2, -0.15) is 9.61 Å². The highest BCUT2D eigenvalue weighted by molar-refractivity contribution is 7.16. The zero-order chi connectivity index (χ0) is 22.5. The highest BCUT2D eigenvalue weighted by atomic mass is 32.1. The molecule has 32 heavy (non-hydrogen) atoms. The van der Waals surface area contributed by atoms with Gasteiger partial charge in [0.15, 0.2) is 0 Å². The van der Waals surface area contributed by atoms with E-state index in [1.54, 1.807) is 6.07 Å².